The lowest BCUT2D eigenvalue weighted by Crippen LogP contribution is -2.42. The lowest BCUT2D eigenvalue weighted by atomic mass is 9.82. The first-order chi connectivity index (χ1) is 16.7. The number of nitrogens with zero attached hydrogens (tertiary/aromatic N) is 2. The second kappa shape index (κ2) is 11.4. The van der Waals surface area contributed by atoms with Gasteiger partial charge in [0.05, 0.1) is 10.6 Å². The summed E-state index contributed by atoms with van der Waals surface area (Å²) in [4.78, 5) is 28.3. The number of halogens is 3. The zero-order valence-electron chi connectivity index (χ0n) is 19.4. The van der Waals surface area contributed by atoms with Crippen molar-refractivity contribution < 1.29 is 14.7 Å². The maximum absolute atomic E-state index is 12.8. The molecular weight excluding hydrogens is 509 g/mol. The van der Waals surface area contributed by atoms with E-state index in [1.54, 1.807) is 29.2 Å². The molecule has 0 radical (unpaired) electrons. The van der Waals surface area contributed by atoms with Crippen molar-refractivity contribution >= 4 is 52.3 Å². The SMILES string of the molecule is NC(=O)c1ccc(N2CCC(CC3CCN(C(=O)C(O)c4cc(Cl)cc(Cl)c4)CC3)CC2)cc1Cl. The molecule has 4 rings (SSSR count). The smallest absolute Gasteiger partial charge is 0.256 e. The van der Waals surface area contributed by atoms with Crippen LogP contribution in [0, 0.1) is 11.8 Å². The summed E-state index contributed by atoms with van der Waals surface area (Å²) in [6.45, 7) is 3.20. The third-order valence-corrected chi connectivity index (χ3v) is 7.97. The van der Waals surface area contributed by atoms with Crippen LogP contribution in [0.15, 0.2) is 36.4 Å². The molecule has 0 bridgehead atoms. The Morgan fingerprint density at radius 2 is 1.49 bits per heavy atom. The molecule has 0 saturated carbocycles. The van der Waals surface area contributed by atoms with Crippen molar-refractivity contribution in [3.05, 3.63) is 62.6 Å². The number of piperidine rings is 2. The third-order valence-electron chi connectivity index (χ3n) is 7.23. The predicted molar refractivity (Wildman–Crippen MR) is 140 cm³/mol. The van der Waals surface area contributed by atoms with Crippen LogP contribution in [0.4, 0.5) is 5.69 Å². The van der Waals surface area contributed by atoms with Gasteiger partial charge in [0.15, 0.2) is 6.10 Å². The van der Waals surface area contributed by atoms with Crippen molar-refractivity contribution in [1.82, 2.24) is 4.90 Å². The molecular formula is C26H30Cl3N3O3. The molecule has 35 heavy (non-hydrogen) atoms. The molecule has 3 N–H and O–H groups in total. The summed E-state index contributed by atoms with van der Waals surface area (Å²) in [5.74, 6) is 0.420. The second-order valence-electron chi connectivity index (χ2n) is 9.57. The van der Waals surface area contributed by atoms with E-state index in [-0.39, 0.29) is 5.91 Å². The highest BCUT2D eigenvalue weighted by molar-refractivity contribution is 6.35. The number of amides is 2. The van der Waals surface area contributed by atoms with Crippen LogP contribution in [0.1, 0.15) is 54.1 Å². The number of carbonyl (C=O) groups is 2. The minimum Gasteiger partial charge on any atom is -0.378 e. The van der Waals surface area contributed by atoms with Gasteiger partial charge in [0, 0.05) is 41.9 Å². The molecule has 0 spiro atoms. The predicted octanol–water partition coefficient (Wildman–Crippen LogP) is 5.32. The molecule has 2 aromatic rings. The fourth-order valence-electron chi connectivity index (χ4n) is 5.24. The first-order valence-corrected chi connectivity index (χ1v) is 13.1. The lowest BCUT2D eigenvalue weighted by molar-refractivity contribution is -0.142. The molecule has 1 atom stereocenters. The number of benzene rings is 2. The first-order valence-electron chi connectivity index (χ1n) is 12.0. The van der Waals surface area contributed by atoms with Crippen molar-refractivity contribution in [2.24, 2.45) is 17.6 Å². The molecule has 2 amide bonds. The topological polar surface area (TPSA) is 86.9 Å². The van der Waals surface area contributed by atoms with Crippen LogP contribution in [0.2, 0.25) is 15.1 Å². The van der Waals surface area contributed by atoms with Gasteiger partial charge in [-0.15, -0.1) is 0 Å². The number of primary amides is 1. The van der Waals surface area contributed by atoms with Crippen molar-refractivity contribution in [3.63, 3.8) is 0 Å². The number of aliphatic hydroxyl groups is 1. The fraction of sp³-hybridized carbons (Fsp3) is 0.462. The Morgan fingerprint density at radius 1 is 0.914 bits per heavy atom. The van der Waals surface area contributed by atoms with Gasteiger partial charge in [0.2, 0.25) is 5.91 Å². The highest BCUT2D eigenvalue weighted by Crippen LogP contribution is 2.33. The van der Waals surface area contributed by atoms with E-state index in [2.05, 4.69) is 4.90 Å². The van der Waals surface area contributed by atoms with Crippen molar-refractivity contribution in [3.8, 4) is 0 Å². The normalized spacial score (nSPS) is 18.5. The van der Waals surface area contributed by atoms with Crippen molar-refractivity contribution in [1.29, 1.82) is 0 Å². The van der Waals surface area contributed by atoms with Crippen LogP contribution in [0.25, 0.3) is 0 Å². The molecule has 2 aliphatic heterocycles. The fourth-order valence-corrected chi connectivity index (χ4v) is 6.05. The summed E-state index contributed by atoms with van der Waals surface area (Å²) in [5, 5.41) is 11.7. The van der Waals surface area contributed by atoms with Crippen molar-refractivity contribution in [2.75, 3.05) is 31.1 Å². The molecule has 6 nitrogen and oxygen atoms in total. The Bertz CT molecular complexity index is 1060. The van der Waals surface area contributed by atoms with Gasteiger partial charge < -0.3 is 20.6 Å². The van der Waals surface area contributed by atoms with E-state index in [0.717, 1.165) is 50.9 Å². The van der Waals surface area contributed by atoms with Crippen LogP contribution < -0.4 is 10.6 Å². The van der Waals surface area contributed by atoms with E-state index in [0.29, 0.717) is 51.1 Å². The number of nitrogens with two attached hydrogens (primary N) is 1. The number of hydrogen-bond donors (Lipinski definition) is 2. The Hall–Kier alpha value is -1.99. The van der Waals surface area contributed by atoms with Gasteiger partial charge >= 0.3 is 0 Å². The van der Waals surface area contributed by atoms with Crippen LogP contribution in [0.3, 0.4) is 0 Å². The van der Waals surface area contributed by atoms with E-state index in [1.807, 2.05) is 12.1 Å². The third kappa shape index (κ3) is 6.42. The van der Waals surface area contributed by atoms with Gasteiger partial charge in [0.25, 0.3) is 5.91 Å². The summed E-state index contributed by atoms with van der Waals surface area (Å²) in [6.07, 6.45) is 3.99. The Labute approximate surface area is 220 Å². The van der Waals surface area contributed by atoms with Crippen LogP contribution in [-0.2, 0) is 4.79 Å². The van der Waals surface area contributed by atoms with E-state index >= 15 is 0 Å². The van der Waals surface area contributed by atoms with Gasteiger partial charge in [0.1, 0.15) is 0 Å². The molecule has 188 valence electrons. The van der Waals surface area contributed by atoms with Gasteiger partial charge in [-0.25, -0.2) is 0 Å². The molecule has 2 aliphatic rings. The van der Waals surface area contributed by atoms with E-state index in [9.17, 15) is 14.7 Å². The molecule has 9 heteroatoms. The Kier molecular flexibility index (Phi) is 8.48. The zero-order valence-corrected chi connectivity index (χ0v) is 21.7. The molecule has 1 unspecified atom stereocenters. The van der Waals surface area contributed by atoms with Crippen LogP contribution in [-0.4, -0.2) is 48.0 Å². The number of aliphatic hydroxyl groups excluding tert-OH is 1. The Balaban J connectivity index is 1.23. The van der Waals surface area contributed by atoms with E-state index in [4.69, 9.17) is 40.5 Å². The number of hydrogen-bond acceptors (Lipinski definition) is 4. The summed E-state index contributed by atoms with van der Waals surface area (Å²) in [5.41, 5.74) is 7.13. The minimum absolute atomic E-state index is 0.295. The summed E-state index contributed by atoms with van der Waals surface area (Å²) < 4.78 is 0. The lowest BCUT2D eigenvalue weighted by Gasteiger charge is -2.38. The molecule has 0 aliphatic carbocycles. The quantitative estimate of drug-likeness (QED) is 0.521. The summed E-state index contributed by atoms with van der Waals surface area (Å²) >= 11 is 18.3. The maximum Gasteiger partial charge on any atom is 0.256 e. The molecule has 2 aromatic carbocycles. The Morgan fingerprint density at radius 3 is 2.03 bits per heavy atom. The highest BCUT2D eigenvalue weighted by Gasteiger charge is 2.30. The molecule has 2 heterocycles. The molecule has 2 fully saturated rings. The standard InChI is InChI=1S/C26H30Cl3N3O3/c27-19-12-18(13-20(28)14-19)24(33)26(35)32-9-5-17(6-10-32)11-16-3-7-31(8-4-16)21-1-2-22(25(30)34)23(29)15-21/h1-2,12-17,24,33H,3-11H2,(H2,30,34). The number of anilines is 1. The number of carbonyl (C=O) groups excluding carboxylic acids is 2. The average molecular weight is 539 g/mol. The number of likely N-dealkylation sites (tertiary alicyclic amines) is 1. The van der Waals surface area contributed by atoms with E-state index < -0.39 is 12.0 Å². The maximum atomic E-state index is 12.8. The van der Waals surface area contributed by atoms with Crippen LogP contribution >= 0.6 is 34.8 Å². The first kappa shape index (κ1) is 26.1. The monoisotopic (exact) mass is 537 g/mol. The average Bonchev–Trinajstić information content (AvgIpc) is 2.83. The second-order valence-corrected chi connectivity index (χ2v) is 10.8. The van der Waals surface area contributed by atoms with E-state index in [1.165, 1.54) is 0 Å². The molecule has 0 aromatic heterocycles. The van der Waals surface area contributed by atoms with Gasteiger partial charge in [-0.1, -0.05) is 34.8 Å². The summed E-state index contributed by atoms with van der Waals surface area (Å²) in [7, 11) is 0. The van der Waals surface area contributed by atoms with Gasteiger partial charge in [-0.3, -0.25) is 9.59 Å². The highest BCUT2D eigenvalue weighted by atomic mass is 35.5. The minimum atomic E-state index is -1.25. The number of rotatable bonds is 6. The summed E-state index contributed by atoms with van der Waals surface area (Å²) in [6, 6.07) is 10.2. The van der Waals surface area contributed by atoms with Gasteiger partial charge in [-0.05, 0) is 85.9 Å². The van der Waals surface area contributed by atoms with Crippen LogP contribution in [0.5, 0.6) is 0 Å². The largest absolute Gasteiger partial charge is 0.378 e. The van der Waals surface area contributed by atoms with Crippen molar-refractivity contribution in [2.45, 2.75) is 38.2 Å². The zero-order chi connectivity index (χ0) is 25.1. The molecule has 2 saturated heterocycles. The van der Waals surface area contributed by atoms with Gasteiger partial charge in [-0.2, -0.15) is 0 Å².